The van der Waals surface area contributed by atoms with E-state index in [1.54, 1.807) is 0 Å². The molecule has 0 aromatic heterocycles. The fraction of sp³-hybridized carbons (Fsp3) is 0.294. The van der Waals surface area contributed by atoms with Gasteiger partial charge in [-0.1, -0.05) is 37.3 Å². The van der Waals surface area contributed by atoms with E-state index in [1.807, 2.05) is 25.1 Å². The lowest BCUT2D eigenvalue weighted by molar-refractivity contribution is 0.504. The number of aryl methyl sites for hydroxylation is 1. The van der Waals surface area contributed by atoms with E-state index in [-0.39, 0.29) is 17.7 Å². The normalized spacial score (nSPS) is 12.3. The maximum Gasteiger partial charge on any atom is 0.126 e. The van der Waals surface area contributed by atoms with Gasteiger partial charge in [0, 0.05) is 6.04 Å². The summed E-state index contributed by atoms with van der Waals surface area (Å²) in [5.41, 5.74) is 1.61. The third kappa shape index (κ3) is 3.87. The van der Waals surface area contributed by atoms with Gasteiger partial charge in [0.1, 0.15) is 11.6 Å². The summed E-state index contributed by atoms with van der Waals surface area (Å²) in [4.78, 5) is 0. The van der Waals surface area contributed by atoms with Crippen molar-refractivity contribution in [2.75, 3.05) is 6.54 Å². The highest BCUT2D eigenvalue weighted by molar-refractivity contribution is 5.22. The van der Waals surface area contributed by atoms with Gasteiger partial charge in [0.25, 0.3) is 0 Å². The van der Waals surface area contributed by atoms with Gasteiger partial charge in [-0.05, 0) is 48.7 Å². The van der Waals surface area contributed by atoms with Crippen LogP contribution in [0.3, 0.4) is 0 Å². The van der Waals surface area contributed by atoms with Crippen molar-refractivity contribution in [1.29, 1.82) is 0 Å². The monoisotopic (exact) mass is 275 g/mol. The van der Waals surface area contributed by atoms with Crippen molar-refractivity contribution < 1.29 is 8.78 Å². The molecule has 0 radical (unpaired) electrons. The Balaban J connectivity index is 2.07. The first-order valence-electron chi connectivity index (χ1n) is 6.93. The van der Waals surface area contributed by atoms with Crippen LogP contribution in [0.1, 0.15) is 30.5 Å². The van der Waals surface area contributed by atoms with Crippen molar-refractivity contribution in [3.63, 3.8) is 0 Å². The Hall–Kier alpha value is -1.74. The Labute approximate surface area is 118 Å². The topological polar surface area (TPSA) is 12.0 Å². The van der Waals surface area contributed by atoms with Gasteiger partial charge in [-0.2, -0.15) is 0 Å². The standard InChI is InChI=1S/C17H19F2N/c1-2-20-17(13-6-4-3-5-7-13)11-8-14-12-15(18)9-10-16(14)19/h3-7,9-10,12,17,20H,2,8,11H2,1H3. The van der Waals surface area contributed by atoms with Gasteiger partial charge in [-0.3, -0.25) is 0 Å². The third-order valence-electron chi connectivity index (χ3n) is 3.36. The Kier molecular flexibility index (Phi) is 5.24. The van der Waals surface area contributed by atoms with E-state index in [1.165, 1.54) is 17.7 Å². The summed E-state index contributed by atoms with van der Waals surface area (Å²) in [5, 5.41) is 3.39. The molecule has 0 bridgehead atoms. The molecule has 106 valence electrons. The quantitative estimate of drug-likeness (QED) is 0.831. The Morgan fingerprint density at radius 3 is 2.50 bits per heavy atom. The molecule has 2 aromatic rings. The van der Waals surface area contributed by atoms with Gasteiger partial charge in [0.05, 0.1) is 0 Å². The summed E-state index contributed by atoms with van der Waals surface area (Å²) in [5.74, 6) is -0.726. The zero-order chi connectivity index (χ0) is 14.4. The lowest BCUT2D eigenvalue weighted by Gasteiger charge is -2.18. The molecule has 0 spiro atoms. The minimum atomic E-state index is -0.388. The van der Waals surface area contributed by atoms with Crippen molar-refractivity contribution in [2.24, 2.45) is 0 Å². The Bertz CT molecular complexity index is 540. The van der Waals surface area contributed by atoms with Crippen LogP contribution in [0.2, 0.25) is 0 Å². The molecular weight excluding hydrogens is 256 g/mol. The van der Waals surface area contributed by atoms with E-state index in [9.17, 15) is 8.78 Å². The first-order chi connectivity index (χ1) is 9.70. The molecule has 2 rings (SSSR count). The van der Waals surface area contributed by atoms with Gasteiger partial charge in [-0.25, -0.2) is 8.78 Å². The zero-order valence-electron chi connectivity index (χ0n) is 11.6. The predicted octanol–water partition coefficient (Wildman–Crippen LogP) is 4.25. The van der Waals surface area contributed by atoms with E-state index in [0.29, 0.717) is 12.0 Å². The van der Waals surface area contributed by atoms with Gasteiger partial charge >= 0.3 is 0 Å². The molecule has 0 amide bonds. The summed E-state index contributed by atoms with van der Waals surface area (Å²) in [7, 11) is 0. The molecule has 0 heterocycles. The minimum Gasteiger partial charge on any atom is -0.310 e. The number of rotatable bonds is 6. The Morgan fingerprint density at radius 1 is 1.05 bits per heavy atom. The van der Waals surface area contributed by atoms with Crippen molar-refractivity contribution in [3.05, 3.63) is 71.3 Å². The smallest absolute Gasteiger partial charge is 0.126 e. The highest BCUT2D eigenvalue weighted by Gasteiger charge is 2.12. The van der Waals surface area contributed by atoms with E-state index < -0.39 is 0 Å². The zero-order valence-corrected chi connectivity index (χ0v) is 11.6. The number of halogens is 2. The highest BCUT2D eigenvalue weighted by atomic mass is 19.1. The second-order valence-electron chi connectivity index (χ2n) is 4.80. The first-order valence-corrected chi connectivity index (χ1v) is 6.93. The van der Waals surface area contributed by atoms with Gasteiger partial charge in [0.2, 0.25) is 0 Å². The van der Waals surface area contributed by atoms with Crippen LogP contribution in [0.25, 0.3) is 0 Å². The fourth-order valence-electron chi connectivity index (χ4n) is 2.35. The average Bonchev–Trinajstić information content (AvgIpc) is 2.47. The second kappa shape index (κ2) is 7.15. The maximum atomic E-state index is 13.6. The predicted molar refractivity (Wildman–Crippen MR) is 77.5 cm³/mol. The largest absolute Gasteiger partial charge is 0.310 e. The molecule has 1 atom stereocenters. The van der Waals surface area contributed by atoms with Gasteiger partial charge in [-0.15, -0.1) is 0 Å². The molecule has 20 heavy (non-hydrogen) atoms. The fourth-order valence-corrected chi connectivity index (χ4v) is 2.35. The van der Waals surface area contributed by atoms with E-state index >= 15 is 0 Å². The summed E-state index contributed by atoms with van der Waals surface area (Å²) in [6, 6.07) is 13.8. The molecule has 0 aliphatic heterocycles. The van der Waals surface area contributed by atoms with Crippen molar-refractivity contribution in [2.45, 2.75) is 25.8 Å². The van der Waals surface area contributed by atoms with E-state index in [4.69, 9.17) is 0 Å². The second-order valence-corrected chi connectivity index (χ2v) is 4.80. The number of hydrogen-bond donors (Lipinski definition) is 1. The highest BCUT2D eigenvalue weighted by Crippen LogP contribution is 2.20. The summed E-state index contributed by atoms with van der Waals surface area (Å²) < 4.78 is 26.8. The van der Waals surface area contributed by atoms with Crippen LogP contribution in [0.15, 0.2) is 48.5 Å². The molecule has 3 heteroatoms. The van der Waals surface area contributed by atoms with Crippen LogP contribution < -0.4 is 5.32 Å². The molecule has 2 aromatic carbocycles. The number of nitrogens with one attached hydrogen (secondary N) is 1. The van der Waals surface area contributed by atoms with E-state index in [0.717, 1.165) is 19.0 Å². The number of hydrogen-bond acceptors (Lipinski definition) is 1. The lowest BCUT2D eigenvalue weighted by atomic mass is 9.98. The van der Waals surface area contributed by atoms with Crippen molar-refractivity contribution >= 4 is 0 Å². The van der Waals surface area contributed by atoms with Crippen molar-refractivity contribution in [3.8, 4) is 0 Å². The molecular formula is C17H19F2N. The molecule has 1 nitrogen and oxygen atoms in total. The van der Waals surface area contributed by atoms with Crippen molar-refractivity contribution in [1.82, 2.24) is 5.32 Å². The minimum absolute atomic E-state index is 0.156. The molecule has 0 fully saturated rings. The molecule has 0 saturated heterocycles. The average molecular weight is 275 g/mol. The molecule has 1 N–H and O–H groups in total. The van der Waals surface area contributed by atoms with Gasteiger partial charge in [0.15, 0.2) is 0 Å². The van der Waals surface area contributed by atoms with Crippen LogP contribution in [0.5, 0.6) is 0 Å². The van der Waals surface area contributed by atoms with Crippen LogP contribution in [-0.2, 0) is 6.42 Å². The number of benzene rings is 2. The maximum absolute atomic E-state index is 13.6. The third-order valence-corrected chi connectivity index (χ3v) is 3.36. The first kappa shape index (κ1) is 14.7. The lowest BCUT2D eigenvalue weighted by Crippen LogP contribution is -2.21. The molecule has 0 aliphatic rings. The van der Waals surface area contributed by atoms with Crippen LogP contribution >= 0.6 is 0 Å². The van der Waals surface area contributed by atoms with E-state index in [2.05, 4.69) is 17.4 Å². The summed E-state index contributed by atoms with van der Waals surface area (Å²) >= 11 is 0. The van der Waals surface area contributed by atoms with Crippen LogP contribution in [-0.4, -0.2) is 6.54 Å². The summed E-state index contributed by atoms with van der Waals surface area (Å²) in [6.07, 6.45) is 1.24. The van der Waals surface area contributed by atoms with Crippen LogP contribution in [0.4, 0.5) is 8.78 Å². The molecule has 0 aliphatic carbocycles. The van der Waals surface area contributed by atoms with Gasteiger partial charge < -0.3 is 5.32 Å². The Morgan fingerprint density at radius 2 is 1.80 bits per heavy atom. The SMILES string of the molecule is CCNC(CCc1cc(F)ccc1F)c1ccccc1. The molecule has 1 unspecified atom stereocenters. The summed E-state index contributed by atoms with van der Waals surface area (Å²) in [6.45, 7) is 2.88. The van der Waals surface area contributed by atoms with Crippen LogP contribution in [0, 0.1) is 11.6 Å². The molecule has 0 saturated carbocycles.